The molecular formula is C10H22NO3P. The summed E-state index contributed by atoms with van der Waals surface area (Å²) in [5, 5.41) is 0. The minimum absolute atomic E-state index is 0.0183. The first-order chi connectivity index (χ1) is 7.10. The van der Waals surface area contributed by atoms with Crippen LogP contribution in [0.2, 0.25) is 0 Å². The van der Waals surface area contributed by atoms with E-state index in [2.05, 4.69) is 0 Å². The van der Waals surface area contributed by atoms with Crippen LogP contribution in [0, 0.1) is 0 Å². The van der Waals surface area contributed by atoms with Gasteiger partial charge in [-0.05, 0) is 12.8 Å². The van der Waals surface area contributed by atoms with E-state index < -0.39 is 7.75 Å². The molecule has 15 heavy (non-hydrogen) atoms. The fraction of sp³-hybridized carbons (Fsp3) is 1.00. The second-order valence-corrected chi connectivity index (χ2v) is 5.75. The van der Waals surface area contributed by atoms with E-state index >= 15 is 0 Å². The molecule has 1 N–H and O–H groups in total. The topological polar surface area (TPSA) is 49.8 Å². The molecule has 1 fully saturated rings. The third-order valence-corrected chi connectivity index (χ3v) is 4.78. The lowest BCUT2D eigenvalue weighted by atomic mass is 9.98. The standard InChI is InChI=1S/C10H22NO3P/c1-3-11(4-2)15(12,13)14-10-8-6-5-7-9-10/h10H,3-9H2,1-2H3,(H,12,13). The lowest BCUT2D eigenvalue weighted by Gasteiger charge is -2.29. The second-order valence-electron chi connectivity index (χ2n) is 3.99. The Morgan fingerprint density at radius 2 is 1.80 bits per heavy atom. The highest BCUT2D eigenvalue weighted by molar-refractivity contribution is 7.50. The summed E-state index contributed by atoms with van der Waals surface area (Å²) in [5.41, 5.74) is 0. The van der Waals surface area contributed by atoms with Crippen molar-refractivity contribution in [2.75, 3.05) is 13.1 Å². The Labute approximate surface area is 92.2 Å². The first-order valence-electron chi connectivity index (χ1n) is 5.86. The van der Waals surface area contributed by atoms with Crippen LogP contribution in [0.25, 0.3) is 0 Å². The molecule has 0 aromatic carbocycles. The van der Waals surface area contributed by atoms with Gasteiger partial charge in [0.2, 0.25) is 0 Å². The largest absolute Gasteiger partial charge is 0.405 e. The SMILES string of the molecule is CCN(CC)P(=O)(O)OC1CCCCC1. The minimum atomic E-state index is -3.54. The molecule has 1 aliphatic carbocycles. The van der Waals surface area contributed by atoms with Crippen molar-refractivity contribution in [1.82, 2.24) is 4.67 Å². The van der Waals surface area contributed by atoms with Crippen molar-refractivity contribution < 1.29 is 14.0 Å². The van der Waals surface area contributed by atoms with Crippen molar-refractivity contribution in [3.63, 3.8) is 0 Å². The molecule has 0 aromatic rings. The van der Waals surface area contributed by atoms with Gasteiger partial charge in [-0.3, -0.25) is 4.52 Å². The van der Waals surface area contributed by atoms with Crippen LogP contribution in [0.4, 0.5) is 0 Å². The summed E-state index contributed by atoms with van der Waals surface area (Å²) < 4.78 is 18.8. The summed E-state index contributed by atoms with van der Waals surface area (Å²) in [5.74, 6) is 0. The lowest BCUT2D eigenvalue weighted by molar-refractivity contribution is 0.111. The van der Waals surface area contributed by atoms with Crippen LogP contribution in [-0.4, -0.2) is 28.8 Å². The van der Waals surface area contributed by atoms with Crippen LogP contribution in [0.1, 0.15) is 46.0 Å². The second kappa shape index (κ2) is 6.00. The smallest absolute Gasteiger partial charge is 0.312 e. The van der Waals surface area contributed by atoms with E-state index in [1.165, 1.54) is 11.1 Å². The molecule has 1 aliphatic rings. The zero-order valence-electron chi connectivity index (χ0n) is 9.69. The van der Waals surface area contributed by atoms with Crippen LogP contribution >= 0.6 is 7.75 Å². The Hall–Kier alpha value is 0.110. The van der Waals surface area contributed by atoms with Gasteiger partial charge >= 0.3 is 7.75 Å². The van der Waals surface area contributed by atoms with E-state index in [0.717, 1.165) is 25.7 Å². The molecule has 0 bridgehead atoms. The van der Waals surface area contributed by atoms with Gasteiger partial charge in [0.25, 0.3) is 0 Å². The van der Waals surface area contributed by atoms with Gasteiger partial charge in [0.05, 0.1) is 6.10 Å². The average molecular weight is 235 g/mol. The van der Waals surface area contributed by atoms with Crippen LogP contribution in [0.5, 0.6) is 0 Å². The maximum absolute atomic E-state index is 11.9. The van der Waals surface area contributed by atoms with Gasteiger partial charge in [0.1, 0.15) is 0 Å². The number of hydrogen-bond acceptors (Lipinski definition) is 2. The Morgan fingerprint density at radius 1 is 1.27 bits per heavy atom. The molecule has 5 heteroatoms. The highest BCUT2D eigenvalue weighted by atomic mass is 31.2. The summed E-state index contributed by atoms with van der Waals surface area (Å²) in [6, 6.07) is 0. The molecule has 90 valence electrons. The minimum Gasteiger partial charge on any atom is -0.312 e. The molecule has 0 saturated heterocycles. The van der Waals surface area contributed by atoms with E-state index in [1.807, 2.05) is 13.8 Å². The van der Waals surface area contributed by atoms with Gasteiger partial charge in [0, 0.05) is 13.1 Å². The van der Waals surface area contributed by atoms with Crippen molar-refractivity contribution >= 4 is 7.75 Å². The molecule has 0 heterocycles. The van der Waals surface area contributed by atoms with E-state index in [-0.39, 0.29) is 6.10 Å². The van der Waals surface area contributed by atoms with Crippen molar-refractivity contribution in [3.05, 3.63) is 0 Å². The van der Waals surface area contributed by atoms with Crippen LogP contribution < -0.4 is 0 Å². The normalized spacial score (nSPS) is 22.9. The highest BCUT2D eigenvalue weighted by Gasteiger charge is 2.31. The quantitative estimate of drug-likeness (QED) is 0.744. The van der Waals surface area contributed by atoms with Crippen molar-refractivity contribution in [3.8, 4) is 0 Å². The fourth-order valence-electron chi connectivity index (χ4n) is 2.01. The number of hydrogen-bond donors (Lipinski definition) is 1. The molecule has 0 spiro atoms. The Bertz CT molecular complexity index is 225. The summed E-state index contributed by atoms with van der Waals surface area (Å²) in [6.07, 6.45) is 5.28. The molecule has 0 radical (unpaired) electrons. The molecule has 1 atom stereocenters. The Kier molecular flexibility index (Phi) is 5.27. The maximum atomic E-state index is 11.9. The van der Waals surface area contributed by atoms with Crippen molar-refractivity contribution in [2.45, 2.75) is 52.1 Å². The van der Waals surface area contributed by atoms with E-state index in [1.54, 1.807) is 0 Å². The third kappa shape index (κ3) is 3.87. The third-order valence-electron chi connectivity index (χ3n) is 2.93. The summed E-state index contributed by atoms with van der Waals surface area (Å²) in [7, 11) is -3.54. The zero-order valence-corrected chi connectivity index (χ0v) is 10.6. The number of rotatable bonds is 5. The van der Waals surface area contributed by atoms with Crippen LogP contribution in [0.15, 0.2) is 0 Å². The van der Waals surface area contributed by atoms with E-state index in [0.29, 0.717) is 13.1 Å². The van der Waals surface area contributed by atoms with Crippen LogP contribution in [-0.2, 0) is 9.09 Å². The van der Waals surface area contributed by atoms with Gasteiger partial charge in [-0.1, -0.05) is 33.1 Å². The molecular weight excluding hydrogens is 213 g/mol. The van der Waals surface area contributed by atoms with Gasteiger partial charge in [-0.25, -0.2) is 9.24 Å². The molecule has 0 aliphatic heterocycles. The average Bonchev–Trinajstić information content (AvgIpc) is 2.19. The van der Waals surface area contributed by atoms with Gasteiger partial charge in [0.15, 0.2) is 0 Å². The fourth-order valence-corrected chi connectivity index (χ4v) is 3.46. The monoisotopic (exact) mass is 235 g/mol. The Balaban J connectivity index is 2.49. The summed E-state index contributed by atoms with van der Waals surface area (Å²) in [6.45, 7) is 4.85. The van der Waals surface area contributed by atoms with Gasteiger partial charge < -0.3 is 4.89 Å². The summed E-state index contributed by atoms with van der Waals surface area (Å²) >= 11 is 0. The molecule has 0 aromatic heterocycles. The first kappa shape index (κ1) is 13.2. The summed E-state index contributed by atoms with van der Waals surface area (Å²) in [4.78, 5) is 9.79. The Morgan fingerprint density at radius 3 is 2.27 bits per heavy atom. The molecule has 1 saturated carbocycles. The molecule has 1 rings (SSSR count). The predicted octanol–water partition coefficient (Wildman–Crippen LogP) is 2.78. The number of nitrogens with zero attached hydrogens (tertiary/aromatic N) is 1. The van der Waals surface area contributed by atoms with E-state index in [4.69, 9.17) is 4.52 Å². The molecule has 4 nitrogen and oxygen atoms in total. The van der Waals surface area contributed by atoms with Crippen molar-refractivity contribution in [2.24, 2.45) is 0 Å². The predicted molar refractivity (Wildman–Crippen MR) is 60.7 cm³/mol. The molecule has 1 unspecified atom stereocenters. The maximum Gasteiger partial charge on any atom is 0.405 e. The van der Waals surface area contributed by atoms with Gasteiger partial charge in [-0.15, -0.1) is 0 Å². The van der Waals surface area contributed by atoms with Gasteiger partial charge in [-0.2, -0.15) is 0 Å². The highest BCUT2D eigenvalue weighted by Crippen LogP contribution is 2.48. The molecule has 0 amide bonds. The van der Waals surface area contributed by atoms with Crippen LogP contribution in [0.3, 0.4) is 0 Å². The zero-order chi connectivity index (χ0) is 11.3. The van der Waals surface area contributed by atoms with Crippen molar-refractivity contribution in [1.29, 1.82) is 0 Å². The lowest BCUT2D eigenvalue weighted by Crippen LogP contribution is -2.25. The first-order valence-corrected chi connectivity index (χ1v) is 7.39. The van der Waals surface area contributed by atoms with E-state index in [9.17, 15) is 9.46 Å².